The molecule has 2 aromatic carbocycles. The molecule has 120 valence electrons. The number of anilines is 1. The maximum Gasteiger partial charge on any atom is 0.274 e. The smallest absolute Gasteiger partial charge is 0.274 e. The molecule has 4 nitrogen and oxygen atoms in total. The van der Waals surface area contributed by atoms with E-state index in [0.29, 0.717) is 11.6 Å². The molecule has 3 aromatic rings. The van der Waals surface area contributed by atoms with Crippen LogP contribution in [0.1, 0.15) is 34.9 Å². The molecule has 1 heterocycles. The van der Waals surface area contributed by atoms with E-state index in [1.165, 1.54) is 0 Å². The first-order valence-electron chi connectivity index (χ1n) is 7.93. The fraction of sp³-hybridized carbons (Fsp3) is 0.158. The average Bonchev–Trinajstić information content (AvgIpc) is 3.36. The Labute approximate surface area is 148 Å². The summed E-state index contributed by atoms with van der Waals surface area (Å²) in [6.07, 6.45) is 2.30. The Morgan fingerprint density at radius 1 is 1.08 bits per heavy atom. The third-order valence-electron chi connectivity index (χ3n) is 4.08. The fourth-order valence-corrected chi connectivity index (χ4v) is 3.04. The molecule has 4 rings (SSSR count). The van der Waals surface area contributed by atoms with Crippen molar-refractivity contribution in [3.63, 3.8) is 0 Å². The Balaban J connectivity index is 1.71. The van der Waals surface area contributed by atoms with E-state index in [4.69, 9.17) is 0 Å². The van der Waals surface area contributed by atoms with Crippen molar-refractivity contribution in [3.8, 4) is 5.69 Å². The summed E-state index contributed by atoms with van der Waals surface area (Å²) in [6, 6.07) is 19.3. The van der Waals surface area contributed by atoms with Crippen molar-refractivity contribution in [2.24, 2.45) is 0 Å². The highest BCUT2D eigenvalue weighted by Crippen LogP contribution is 2.39. The van der Waals surface area contributed by atoms with Gasteiger partial charge in [-0.2, -0.15) is 5.10 Å². The summed E-state index contributed by atoms with van der Waals surface area (Å²) in [4.78, 5) is 12.8. The summed E-state index contributed by atoms with van der Waals surface area (Å²) in [5.74, 6) is 0.329. The minimum atomic E-state index is -0.162. The SMILES string of the molecule is O=C(Nc1ccccc1Br)c1cc(C2CC2)nn1-c1ccccc1. The van der Waals surface area contributed by atoms with Crippen LogP contribution in [0.4, 0.5) is 5.69 Å². The molecular weight excluding hydrogens is 366 g/mol. The van der Waals surface area contributed by atoms with Crippen LogP contribution in [0.5, 0.6) is 0 Å². The van der Waals surface area contributed by atoms with Crippen molar-refractivity contribution in [3.05, 3.63) is 76.5 Å². The number of rotatable bonds is 4. The summed E-state index contributed by atoms with van der Waals surface area (Å²) in [5.41, 5.74) is 3.19. The number of nitrogens with one attached hydrogen (secondary N) is 1. The van der Waals surface area contributed by atoms with E-state index in [9.17, 15) is 4.79 Å². The van der Waals surface area contributed by atoms with Gasteiger partial charge in [-0.15, -0.1) is 0 Å². The summed E-state index contributed by atoms with van der Waals surface area (Å²) in [7, 11) is 0. The zero-order valence-electron chi connectivity index (χ0n) is 12.9. The third-order valence-corrected chi connectivity index (χ3v) is 4.77. The summed E-state index contributed by atoms with van der Waals surface area (Å²) in [6.45, 7) is 0. The molecule has 24 heavy (non-hydrogen) atoms. The predicted octanol–water partition coefficient (Wildman–Crippen LogP) is 4.76. The van der Waals surface area contributed by atoms with E-state index in [0.717, 1.165) is 34.4 Å². The lowest BCUT2D eigenvalue weighted by atomic mass is 10.2. The Kier molecular flexibility index (Phi) is 3.94. The van der Waals surface area contributed by atoms with Crippen LogP contribution in [-0.4, -0.2) is 15.7 Å². The normalized spacial score (nSPS) is 13.7. The highest BCUT2D eigenvalue weighted by molar-refractivity contribution is 9.10. The minimum absolute atomic E-state index is 0.162. The second-order valence-electron chi connectivity index (χ2n) is 5.91. The number of benzene rings is 2. The number of hydrogen-bond donors (Lipinski definition) is 1. The number of halogens is 1. The first kappa shape index (κ1) is 15.1. The topological polar surface area (TPSA) is 46.9 Å². The van der Waals surface area contributed by atoms with E-state index in [-0.39, 0.29) is 5.91 Å². The number of para-hydroxylation sites is 2. The Morgan fingerprint density at radius 3 is 2.50 bits per heavy atom. The van der Waals surface area contributed by atoms with Gasteiger partial charge in [-0.3, -0.25) is 4.79 Å². The van der Waals surface area contributed by atoms with Crippen LogP contribution in [0.25, 0.3) is 5.69 Å². The van der Waals surface area contributed by atoms with E-state index < -0.39 is 0 Å². The molecule has 0 saturated heterocycles. The Morgan fingerprint density at radius 2 is 1.79 bits per heavy atom. The zero-order chi connectivity index (χ0) is 16.5. The van der Waals surface area contributed by atoms with Crippen LogP contribution >= 0.6 is 15.9 Å². The minimum Gasteiger partial charge on any atom is -0.320 e. The largest absolute Gasteiger partial charge is 0.320 e. The number of carbonyl (C=O) groups is 1. The molecule has 1 saturated carbocycles. The fourth-order valence-electron chi connectivity index (χ4n) is 2.65. The molecular formula is C19H16BrN3O. The van der Waals surface area contributed by atoms with Gasteiger partial charge in [0.05, 0.1) is 17.1 Å². The molecule has 0 unspecified atom stereocenters. The standard InChI is InChI=1S/C19H16BrN3O/c20-15-8-4-5-9-16(15)21-19(24)18-12-17(13-10-11-13)22-23(18)14-6-2-1-3-7-14/h1-9,12-13H,10-11H2,(H,21,24). The van der Waals surface area contributed by atoms with Crippen molar-refractivity contribution in [1.82, 2.24) is 9.78 Å². The van der Waals surface area contributed by atoms with Crippen LogP contribution in [0.2, 0.25) is 0 Å². The number of nitrogens with zero attached hydrogens (tertiary/aromatic N) is 2. The second kappa shape index (κ2) is 6.24. The van der Waals surface area contributed by atoms with Gasteiger partial charge in [0.1, 0.15) is 5.69 Å². The Hall–Kier alpha value is -2.40. The molecule has 1 fully saturated rings. The zero-order valence-corrected chi connectivity index (χ0v) is 14.5. The molecule has 5 heteroatoms. The monoisotopic (exact) mass is 381 g/mol. The summed E-state index contributed by atoms with van der Waals surface area (Å²) < 4.78 is 2.59. The van der Waals surface area contributed by atoms with Crippen LogP contribution in [0.15, 0.2) is 65.1 Å². The molecule has 0 atom stereocenters. The number of aromatic nitrogens is 2. The molecule has 0 spiro atoms. The van der Waals surface area contributed by atoms with Crippen molar-refractivity contribution in [2.75, 3.05) is 5.32 Å². The van der Waals surface area contributed by atoms with Gasteiger partial charge in [0.25, 0.3) is 5.91 Å². The van der Waals surface area contributed by atoms with Gasteiger partial charge < -0.3 is 5.32 Å². The van der Waals surface area contributed by atoms with Gasteiger partial charge in [0, 0.05) is 10.4 Å². The third kappa shape index (κ3) is 2.99. The molecule has 1 N–H and O–H groups in total. The lowest BCUT2D eigenvalue weighted by molar-refractivity contribution is 0.101. The lowest BCUT2D eigenvalue weighted by Gasteiger charge is -2.09. The maximum absolute atomic E-state index is 12.8. The van der Waals surface area contributed by atoms with Crippen LogP contribution in [0.3, 0.4) is 0 Å². The molecule has 0 radical (unpaired) electrons. The number of carbonyl (C=O) groups excluding carboxylic acids is 1. The van der Waals surface area contributed by atoms with Gasteiger partial charge in [-0.05, 0) is 59.1 Å². The van der Waals surface area contributed by atoms with Gasteiger partial charge in [-0.1, -0.05) is 30.3 Å². The second-order valence-corrected chi connectivity index (χ2v) is 6.76. The molecule has 1 aromatic heterocycles. The molecule has 1 aliphatic rings. The van der Waals surface area contributed by atoms with Crippen molar-refractivity contribution >= 4 is 27.5 Å². The quantitative estimate of drug-likeness (QED) is 0.707. The van der Waals surface area contributed by atoms with Crippen molar-refractivity contribution in [2.45, 2.75) is 18.8 Å². The predicted molar refractivity (Wildman–Crippen MR) is 97.6 cm³/mol. The van der Waals surface area contributed by atoms with Crippen LogP contribution in [0, 0.1) is 0 Å². The van der Waals surface area contributed by atoms with Gasteiger partial charge in [0.2, 0.25) is 0 Å². The van der Waals surface area contributed by atoms with Gasteiger partial charge in [0.15, 0.2) is 0 Å². The molecule has 1 aliphatic carbocycles. The number of hydrogen-bond acceptors (Lipinski definition) is 2. The average molecular weight is 382 g/mol. The summed E-state index contributed by atoms with van der Waals surface area (Å²) in [5, 5.41) is 7.63. The maximum atomic E-state index is 12.8. The van der Waals surface area contributed by atoms with Crippen molar-refractivity contribution in [1.29, 1.82) is 0 Å². The van der Waals surface area contributed by atoms with E-state index in [1.54, 1.807) is 4.68 Å². The summed E-state index contributed by atoms with van der Waals surface area (Å²) >= 11 is 3.46. The highest BCUT2D eigenvalue weighted by atomic mass is 79.9. The lowest BCUT2D eigenvalue weighted by Crippen LogP contribution is -2.17. The number of amides is 1. The van der Waals surface area contributed by atoms with Crippen molar-refractivity contribution < 1.29 is 4.79 Å². The Bertz CT molecular complexity index is 885. The molecule has 1 amide bonds. The first-order valence-corrected chi connectivity index (χ1v) is 8.73. The van der Waals surface area contributed by atoms with E-state index >= 15 is 0 Å². The van der Waals surface area contributed by atoms with Crippen LogP contribution < -0.4 is 5.32 Å². The molecule has 0 aliphatic heterocycles. The van der Waals surface area contributed by atoms with Crippen LogP contribution in [-0.2, 0) is 0 Å². The highest BCUT2D eigenvalue weighted by Gasteiger charge is 2.29. The van der Waals surface area contributed by atoms with E-state index in [2.05, 4.69) is 26.3 Å². The first-order chi connectivity index (χ1) is 11.7. The van der Waals surface area contributed by atoms with Gasteiger partial charge in [-0.25, -0.2) is 4.68 Å². The van der Waals surface area contributed by atoms with Gasteiger partial charge >= 0.3 is 0 Å². The van der Waals surface area contributed by atoms with E-state index in [1.807, 2.05) is 60.7 Å². The molecule has 0 bridgehead atoms.